The number of fused-ring (bicyclic) bond motifs is 4. The number of halogens is 2. The molecule has 2 aliphatic heterocycles. The fraction of sp³-hybridized carbons (Fsp3) is 0.150. The Morgan fingerprint density at radius 1 is 1.18 bits per heavy atom. The topological polar surface area (TPSA) is 67.2 Å². The number of anilines is 2. The molecule has 28 heavy (non-hydrogen) atoms. The Bertz CT molecular complexity index is 1160. The van der Waals surface area contributed by atoms with E-state index in [1.165, 1.54) is 21.7 Å². The molecule has 6 nitrogen and oxygen atoms in total. The lowest BCUT2D eigenvalue weighted by Gasteiger charge is -2.32. The Kier molecular flexibility index (Phi) is 3.42. The van der Waals surface area contributed by atoms with Crippen LogP contribution in [-0.2, 0) is 15.0 Å². The minimum atomic E-state index is -1.24. The fourth-order valence-electron chi connectivity index (χ4n) is 4.20. The maximum absolute atomic E-state index is 13.4. The minimum absolute atomic E-state index is 0.0605. The van der Waals surface area contributed by atoms with Crippen molar-refractivity contribution in [3.63, 3.8) is 0 Å². The van der Waals surface area contributed by atoms with Crippen molar-refractivity contribution in [2.75, 3.05) is 17.3 Å². The summed E-state index contributed by atoms with van der Waals surface area (Å²) in [5, 5.41) is 7.61. The summed E-state index contributed by atoms with van der Waals surface area (Å²) in [6.45, 7) is 0. The van der Waals surface area contributed by atoms with Gasteiger partial charge in [0.2, 0.25) is 11.8 Å². The first kappa shape index (κ1) is 16.9. The van der Waals surface area contributed by atoms with E-state index >= 15 is 0 Å². The van der Waals surface area contributed by atoms with Gasteiger partial charge in [-0.25, -0.2) is 9.07 Å². The van der Waals surface area contributed by atoms with E-state index in [0.717, 1.165) is 0 Å². The molecule has 0 radical (unpaired) electrons. The van der Waals surface area contributed by atoms with E-state index in [1.807, 2.05) is 6.07 Å². The molecule has 3 aromatic rings. The Morgan fingerprint density at radius 3 is 2.68 bits per heavy atom. The van der Waals surface area contributed by atoms with Crippen LogP contribution in [0, 0.1) is 5.82 Å². The van der Waals surface area contributed by atoms with Crippen molar-refractivity contribution in [1.29, 1.82) is 0 Å². The average Bonchev–Trinajstić information content (AvgIpc) is 3.18. The number of amides is 2. The van der Waals surface area contributed by atoms with E-state index in [0.29, 0.717) is 33.3 Å². The van der Waals surface area contributed by atoms with Crippen molar-refractivity contribution in [3.05, 3.63) is 70.6 Å². The molecule has 0 unspecified atom stereocenters. The summed E-state index contributed by atoms with van der Waals surface area (Å²) in [5.41, 5.74) is 1.18. The smallest absolute Gasteiger partial charge is 0.242 e. The number of nitrogens with one attached hydrogen (secondary N) is 1. The van der Waals surface area contributed by atoms with Gasteiger partial charge in [-0.05, 0) is 36.4 Å². The van der Waals surface area contributed by atoms with Gasteiger partial charge < -0.3 is 10.2 Å². The van der Waals surface area contributed by atoms with E-state index in [2.05, 4.69) is 10.4 Å². The molecular formula is C20H14ClFN4O2. The number of carbonyl (C=O) groups excluding carboxylic acids is 2. The summed E-state index contributed by atoms with van der Waals surface area (Å²) in [5.74, 6) is -0.535. The molecule has 1 aromatic heterocycles. The molecule has 8 heteroatoms. The highest BCUT2D eigenvalue weighted by molar-refractivity contribution is 6.33. The van der Waals surface area contributed by atoms with Crippen molar-refractivity contribution in [3.8, 4) is 5.69 Å². The summed E-state index contributed by atoms with van der Waals surface area (Å²) in [6.07, 6.45) is 1.51. The van der Waals surface area contributed by atoms with E-state index < -0.39 is 5.41 Å². The predicted octanol–water partition coefficient (Wildman–Crippen LogP) is 3.27. The van der Waals surface area contributed by atoms with Gasteiger partial charge in [-0.2, -0.15) is 5.10 Å². The summed E-state index contributed by atoms with van der Waals surface area (Å²) in [7, 11) is 1.67. The third-order valence-corrected chi connectivity index (χ3v) is 5.75. The standard InChI is InChI=1S/C20H14ClFN4O2/c1-25-15-4-2-3-14(21)17(15)20(19(25)28)9-16(27)24-18-13(20)10-23-26(18)12-7-5-11(22)6-8-12/h2-8,10H,9H2,1H3,(H,24,27)/t20-/m0/s1. The minimum Gasteiger partial charge on any atom is -0.314 e. The second-order valence-electron chi connectivity index (χ2n) is 6.92. The molecule has 2 aromatic carbocycles. The van der Waals surface area contributed by atoms with Gasteiger partial charge in [0.25, 0.3) is 0 Å². The normalized spacial score (nSPS) is 20.3. The molecule has 2 aliphatic rings. The van der Waals surface area contributed by atoms with Gasteiger partial charge in [-0.1, -0.05) is 17.7 Å². The monoisotopic (exact) mass is 396 g/mol. The fourth-order valence-corrected chi connectivity index (χ4v) is 4.53. The highest BCUT2D eigenvalue weighted by Crippen LogP contribution is 2.54. The maximum atomic E-state index is 13.4. The number of hydrogen-bond donors (Lipinski definition) is 1. The number of rotatable bonds is 1. The molecule has 140 valence electrons. The third kappa shape index (κ3) is 2.05. The van der Waals surface area contributed by atoms with Crippen molar-refractivity contribution in [1.82, 2.24) is 9.78 Å². The predicted molar refractivity (Wildman–Crippen MR) is 102 cm³/mol. The number of hydrogen-bond acceptors (Lipinski definition) is 3. The van der Waals surface area contributed by atoms with Crippen LogP contribution in [0.25, 0.3) is 5.69 Å². The Labute approximate surface area is 164 Å². The first-order chi connectivity index (χ1) is 13.4. The van der Waals surface area contributed by atoms with Crippen LogP contribution >= 0.6 is 11.6 Å². The molecule has 0 saturated heterocycles. The van der Waals surface area contributed by atoms with E-state index in [1.54, 1.807) is 37.5 Å². The highest BCUT2D eigenvalue weighted by atomic mass is 35.5. The number of carbonyl (C=O) groups is 2. The van der Waals surface area contributed by atoms with Crippen LogP contribution in [0.1, 0.15) is 17.5 Å². The molecule has 0 fully saturated rings. The molecule has 0 bridgehead atoms. The van der Waals surface area contributed by atoms with E-state index in [-0.39, 0.29) is 24.1 Å². The number of aromatic nitrogens is 2. The van der Waals surface area contributed by atoms with Gasteiger partial charge in [0, 0.05) is 35.3 Å². The molecule has 2 amide bonds. The van der Waals surface area contributed by atoms with Crippen LogP contribution in [0.15, 0.2) is 48.7 Å². The van der Waals surface area contributed by atoms with Crippen LogP contribution in [0.2, 0.25) is 5.02 Å². The van der Waals surface area contributed by atoms with Crippen LogP contribution in [0.3, 0.4) is 0 Å². The van der Waals surface area contributed by atoms with Gasteiger partial charge in [0.15, 0.2) is 0 Å². The van der Waals surface area contributed by atoms with Crippen LogP contribution in [-0.4, -0.2) is 28.6 Å². The van der Waals surface area contributed by atoms with Crippen LogP contribution in [0.5, 0.6) is 0 Å². The van der Waals surface area contributed by atoms with Crippen LogP contribution in [0.4, 0.5) is 15.9 Å². The zero-order chi connectivity index (χ0) is 19.6. The number of benzene rings is 2. The molecule has 0 aliphatic carbocycles. The average molecular weight is 397 g/mol. The summed E-state index contributed by atoms with van der Waals surface area (Å²) < 4.78 is 14.8. The molecule has 1 N–H and O–H groups in total. The van der Waals surface area contributed by atoms with E-state index in [4.69, 9.17) is 11.6 Å². The number of nitrogens with zero attached hydrogens (tertiary/aromatic N) is 3. The second-order valence-corrected chi connectivity index (χ2v) is 7.33. The van der Waals surface area contributed by atoms with Gasteiger partial charge in [-0.15, -0.1) is 0 Å². The molecule has 1 atom stereocenters. The quantitative estimate of drug-likeness (QED) is 0.686. The van der Waals surface area contributed by atoms with Crippen molar-refractivity contribution in [2.24, 2.45) is 0 Å². The summed E-state index contributed by atoms with van der Waals surface area (Å²) >= 11 is 6.50. The zero-order valence-electron chi connectivity index (χ0n) is 14.7. The van der Waals surface area contributed by atoms with E-state index in [9.17, 15) is 14.0 Å². The van der Waals surface area contributed by atoms with Gasteiger partial charge in [0.1, 0.15) is 17.1 Å². The summed E-state index contributed by atoms with van der Waals surface area (Å²) in [6, 6.07) is 11.0. The second kappa shape index (κ2) is 5.65. The van der Waals surface area contributed by atoms with Gasteiger partial charge in [-0.3, -0.25) is 9.59 Å². The highest BCUT2D eigenvalue weighted by Gasteiger charge is 2.57. The first-order valence-corrected chi connectivity index (χ1v) is 9.03. The van der Waals surface area contributed by atoms with Crippen LogP contribution < -0.4 is 10.2 Å². The molecule has 1 spiro atoms. The maximum Gasteiger partial charge on any atom is 0.242 e. The third-order valence-electron chi connectivity index (χ3n) is 5.43. The van der Waals surface area contributed by atoms with Crippen molar-refractivity contribution < 1.29 is 14.0 Å². The molecule has 3 heterocycles. The first-order valence-electron chi connectivity index (χ1n) is 8.65. The van der Waals surface area contributed by atoms with Gasteiger partial charge in [0.05, 0.1) is 11.9 Å². The molecule has 5 rings (SSSR count). The Balaban J connectivity index is 1.79. The number of likely N-dealkylation sites (N-methyl/N-ethyl adjacent to an activating group) is 1. The Hall–Kier alpha value is -3.19. The van der Waals surface area contributed by atoms with Crippen molar-refractivity contribution in [2.45, 2.75) is 11.8 Å². The lowest BCUT2D eigenvalue weighted by Crippen LogP contribution is -2.45. The summed E-state index contributed by atoms with van der Waals surface area (Å²) in [4.78, 5) is 27.6. The Morgan fingerprint density at radius 2 is 1.93 bits per heavy atom. The van der Waals surface area contributed by atoms with Crippen molar-refractivity contribution >= 4 is 34.9 Å². The lowest BCUT2D eigenvalue weighted by atomic mass is 9.71. The largest absolute Gasteiger partial charge is 0.314 e. The lowest BCUT2D eigenvalue weighted by molar-refractivity contribution is -0.126. The molecule has 0 saturated carbocycles. The zero-order valence-corrected chi connectivity index (χ0v) is 15.5. The van der Waals surface area contributed by atoms with Gasteiger partial charge >= 0.3 is 0 Å². The molecular weight excluding hydrogens is 383 g/mol. The SMILES string of the molecule is CN1C(=O)[C@]2(CC(=O)Nc3c2cnn3-c2ccc(F)cc2)c2c(Cl)cccc21.